The molecule has 0 spiro atoms. The van der Waals surface area contributed by atoms with Gasteiger partial charge in [0.15, 0.2) is 5.96 Å². The van der Waals surface area contributed by atoms with Gasteiger partial charge in [-0.3, -0.25) is 4.99 Å². The van der Waals surface area contributed by atoms with E-state index in [1.54, 1.807) is 7.11 Å². The van der Waals surface area contributed by atoms with Crippen LogP contribution >= 0.6 is 0 Å². The van der Waals surface area contributed by atoms with Crippen molar-refractivity contribution in [1.29, 1.82) is 0 Å². The number of piperidine rings is 1. The zero-order chi connectivity index (χ0) is 18.1. The summed E-state index contributed by atoms with van der Waals surface area (Å²) in [5.74, 6) is 2.53. The van der Waals surface area contributed by atoms with Gasteiger partial charge in [-0.2, -0.15) is 0 Å². The lowest BCUT2D eigenvalue weighted by atomic mass is 10.1. The van der Waals surface area contributed by atoms with Gasteiger partial charge in [0.1, 0.15) is 17.6 Å². The highest BCUT2D eigenvalue weighted by molar-refractivity contribution is 5.80. The second-order valence-electron chi connectivity index (χ2n) is 6.18. The molecule has 6 nitrogen and oxygen atoms in total. The van der Waals surface area contributed by atoms with E-state index in [0.29, 0.717) is 12.6 Å². The largest absolute Gasteiger partial charge is 0.497 e. The maximum absolute atomic E-state index is 5.95. The van der Waals surface area contributed by atoms with Gasteiger partial charge in [0.2, 0.25) is 0 Å². The standard InChI is InChI=1S/C19H31N3O3/c1-5-24-16-9-11-22(12-10-16)19(20-3)21-14-15(2)25-18-8-6-7-17(13-18)23-4/h6-8,13,15-16H,5,9-12,14H2,1-4H3,(H,20,21). The molecule has 1 aromatic rings. The van der Waals surface area contributed by atoms with Crippen molar-refractivity contribution < 1.29 is 14.2 Å². The third kappa shape index (κ3) is 6.12. The quantitative estimate of drug-likeness (QED) is 0.606. The predicted octanol–water partition coefficient (Wildman–Crippen LogP) is 2.54. The second-order valence-corrected chi connectivity index (χ2v) is 6.18. The van der Waals surface area contributed by atoms with Crippen LogP contribution in [0.3, 0.4) is 0 Å². The van der Waals surface area contributed by atoms with E-state index in [1.807, 2.05) is 38.2 Å². The molecule has 6 heteroatoms. The van der Waals surface area contributed by atoms with E-state index in [2.05, 4.69) is 22.1 Å². The van der Waals surface area contributed by atoms with E-state index in [0.717, 1.165) is 50.0 Å². The summed E-state index contributed by atoms with van der Waals surface area (Å²) in [4.78, 5) is 6.69. The van der Waals surface area contributed by atoms with Crippen LogP contribution in [0.2, 0.25) is 0 Å². The van der Waals surface area contributed by atoms with E-state index in [9.17, 15) is 0 Å². The number of aliphatic imine (C=N–C) groups is 1. The number of hydrogen-bond donors (Lipinski definition) is 1. The van der Waals surface area contributed by atoms with Crippen molar-refractivity contribution in [2.24, 2.45) is 4.99 Å². The van der Waals surface area contributed by atoms with Gasteiger partial charge in [-0.25, -0.2) is 0 Å². The lowest BCUT2D eigenvalue weighted by molar-refractivity contribution is 0.0263. The molecule has 0 amide bonds. The molecule has 25 heavy (non-hydrogen) atoms. The highest BCUT2D eigenvalue weighted by Crippen LogP contribution is 2.20. The number of nitrogens with zero attached hydrogens (tertiary/aromatic N) is 2. The van der Waals surface area contributed by atoms with Crippen LogP contribution in [0.15, 0.2) is 29.3 Å². The fraction of sp³-hybridized carbons (Fsp3) is 0.632. The van der Waals surface area contributed by atoms with Crippen LogP contribution in [-0.4, -0.2) is 63.5 Å². The number of guanidine groups is 1. The monoisotopic (exact) mass is 349 g/mol. The topological polar surface area (TPSA) is 55.3 Å². The third-order valence-electron chi connectivity index (χ3n) is 4.28. The minimum Gasteiger partial charge on any atom is -0.497 e. The van der Waals surface area contributed by atoms with Gasteiger partial charge < -0.3 is 24.4 Å². The summed E-state index contributed by atoms with van der Waals surface area (Å²) < 4.78 is 16.9. The molecule has 1 fully saturated rings. The molecule has 1 unspecified atom stereocenters. The molecular formula is C19H31N3O3. The SMILES string of the molecule is CCOC1CCN(C(=NC)NCC(C)Oc2cccc(OC)c2)CC1. The van der Waals surface area contributed by atoms with Gasteiger partial charge in [0.25, 0.3) is 0 Å². The zero-order valence-electron chi connectivity index (χ0n) is 15.8. The Balaban J connectivity index is 1.78. The molecule has 1 atom stereocenters. The Bertz CT molecular complexity index is 542. The highest BCUT2D eigenvalue weighted by Gasteiger charge is 2.21. The van der Waals surface area contributed by atoms with Crippen molar-refractivity contribution in [3.8, 4) is 11.5 Å². The summed E-state index contributed by atoms with van der Waals surface area (Å²) in [6, 6.07) is 7.66. The van der Waals surface area contributed by atoms with Crippen LogP contribution in [0.25, 0.3) is 0 Å². The maximum Gasteiger partial charge on any atom is 0.193 e. The Kier molecular flexibility index (Phi) is 7.85. The zero-order valence-corrected chi connectivity index (χ0v) is 15.8. The van der Waals surface area contributed by atoms with E-state index < -0.39 is 0 Å². The van der Waals surface area contributed by atoms with Crippen LogP contribution in [0.1, 0.15) is 26.7 Å². The molecule has 1 saturated heterocycles. The van der Waals surface area contributed by atoms with Crippen molar-refractivity contribution in [1.82, 2.24) is 10.2 Å². The molecule has 2 rings (SSSR count). The summed E-state index contributed by atoms with van der Waals surface area (Å²) in [6.07, 6.45) is 2.49. The van der Waals surface area contributed by atoms with E-state index in [1.165, 1.54) is 0 Å². The average molecular weight is 349 g/mol. The van der Waals surface area contributed by atoms with Crippen LogP contribution in [0.5, 0.6) is 11.5 Å². The molecule has 1 aliphatic heterocycles. The Morgan fingerprint density at radius 3 is 2.68 bits per heavy atom. The Labute approximate surface area is 151 Å². The molecule has 0 aliphatic carbocycles. The van der Waals surface area contributed by atoms with Crippen LogP contribution in [0, 0.1) is 0 Å². The minimum atomic E-state index is 0.0184. The Morgan fingerprint density at radius 1 is 1.32 bits per heavy atom. The van der Waals surface area contributed by atoms with Gasteiger partial charge in [0, 0.05) is 32.8 Å². The van der Waals surface area contributed by atoms with Gasteiger partial charge >= 0.3 is 0 Å². The summed E-state index contributed by atoms with van der Waals surface area (Å²) >= 11 is 0. The van der Waals surface area contributed by atoms with Crippen LogP contribution in [0.4, 0.5) is 0 Å². The number of rotatable bonds is 7. The van der Waals surface area contributed by atoms with E-state index in [4.69, 9.17) is 14.2 Å². The van der Waals surface area contributed by atoms with Gasteiger partial charge in [-0.15, -0.1) is 0 Å². The molecule has 0 bridgehead atoms. The molecule has 0 saturated carbocycles. The molecular weight excluding hydrogens is 318 g/mol. The summed E-state index contributed by atoms with van der Waals surface area (Å²) in [7, 11) is 3.48. The number of likely N-dealkylation sites (tertiary alicyclic amines) is 1. The first-order chi connectivity index (χ1) is 12.2. The lowest BCUT2D eigenvalue weighted by Gasteiger charge is -2.34. The van der Waals surface area contributed by atoms with Crippen molar-refractivity contribution in [3.05, 3.63) is 24.3 Å². The van der Waals surface area contributed by atoms with Crippen molar-refractivity contribution in [2.75, 3.05) is 40.4 Å². The molecule has 1 aromatic carbocycles. The Hall–Kier alpha value is -1.95. The molecule has 1 heterocycles. The second kappa shape index (κ2) is 10.1. The minimum absolute atomic E-state index is 0.0184. The van der Waals surface area contributed by atoms with Crippen molar-refractivity contribution in [2.45, 2.75) is 38.9 Å². The molecule has 1 N–H and O–H groups in total. The lowest BCUT2D eigenvalue weighted by Crippen LogP contribution is -2.48. The Morgan fingerprint density at radius 2 is 2.04 bits per heavy atom. The van der Waals surface area contributed by atoms with Crippen molar-refractivity contribution in [3.63, 3.8) is 0 Å². The first kappa shape index (κ1) is 19.4. The van der Waals surface area contributed by atoms with Crippen molar-refractivity contribution >= 4 is 5.96 Å². The van der Waals surface area contributed by atoms with Gasteiger partial charge in [0.05, 0.1) is 19.8 Å². The third-order valence-corrected chi connectivity index (χ3v) is 4.28. The van der Waals surface area contributed by atoms with Crippen LogP contribution < -0.4 is 14.8 Å². The fourth-order valence-electron chi connectivity index (χ4n) is 2.99. The number of methoxy groups -OCH3 is 1. The average Bonchev–Trinajstić information content (AvgIpc) is 2.64. The fourth-order valence-corrected chi connectivity index (χ4v) is 2.99. The highest BCUT2D eigenvalue weighted by atomic mass is 16.5. The summed E-state index contributed by atoms with van der Waals surface area (Å²) in [5, 5.41) is 3.41. The van der Waals surface area contributed by atoms with Gasteiger partial charge in [-0.05, 0) is 38.8 Å². The number of nitrogens with one attached hydrogen (secondary N) is 1. The summed E-state index contributed by atoms with van der Waals surface area (Å²) in [6.45, 7) is 7.51. The molecule has 0 radical (unpaired) electrons. The first-order valence-electron chi connectivity index (χ1n) is 9.04. The molecule has 0 aromatic heterocycles. The number of benzene rings is 1. The van der Waals surface area contributed by atoms with E-state index in [-0.39, 0.29) is 6.10 Å². The number of ether oxygens (including phenoxy) is 3. The number of hydrogen-bond acceptors (Lipinski definition) is 4. The first-order valence-corrected chi connectivity index (χ1v) is 9.04. The molecule has 140 valence electrons. The smallest absolute Gasteiger partial charge is 0.193 e. The van der Waals surface area contributed by atoms with Gasteiger partial charge in [-0.1, -0.05) is 6.07 Å². The predicted molar refractivity (Wildman–Crippen MR) is 101 cm³/mol. The summed E-state index contributed by atoms with van der Waals surface area (Å²) in [5.41, 5.74) is 0. The normalized spacial score (nSPS) is 17.3. The molecule has 1 aliphatic rings. The van der Waals surface area contributed by atoms with Crippen LogP contribution in [-0.2, 0) is 4.74 Å². The maximum atomic E-state index is 5.95. The van der Waals surface area contributed by atoms with E-state index >= 15 is 0 Å².